The standard InChI is InChI=1S/C19H24N4O9P2/c1-11-2-4-12(5-3-11)15-7-23(18-16(15)17(20)21-10-22-18)13-6-14(31-8-13)9-32-19(24,33(25,26)27)34(28,29)30/h2-5,7,10,13-14,24H,6,8-9H2,1H3,(H2,20,21,22)(H2,25,26,27)(H2,28,29,30). The minimum Gasteiger partial charge on any atom is -0.383 e. The maximum absolute atomic E-state index is 11.5. The van der Waals surface area contributed by atoms with E-state index in [2.05, 4.69) is 14.7 Å². The number of aryl methyl sites for hydroxylation is 1. The molecule has 0 amide bonds. The molecule has 3 aromatic rings. The molecule has 4 rings (SSSR count). The van der Waals surface area contributed by atoms with Crippen LogP contribution in [0, 0.1) is 6.92 Å². The van der Waals surface area contributed by atoms with Gasteiger partial charge in [0.2, 0.25) is 0 Å². The highest BCUT2D eigenvalue weighted by molar-refractivity contribution is 7.71. The molecule has 15 heteroatoms. The molecule has 0 aliphatic carbocycles. The molecule has 1 aliphatic heterocycles. The van der Waals surface area contributed by atoms with Crippen LogP contribution in [0.2, 0.25) is 0 Å². The third kappa shape index (κ3) is 4.42. The quantitative estimate of drug-likeness (QED) is 0.195. The van der Waals surface area contributed by atoms with Crippen LogP contribution in [0.15, 0.2) is 36.8 Å². The molecule has 2 unspecified atom stereocenters. The number of benzene rings is 1. The summed E-state index contributed by atoms with van der Waals surface area (Å²) in [6.45, 7) is 1.46. The second kappa shape index (κ2) is 8.80. The van der Waals surface area contributed by atoms with E-state index in [9.17, 15) is 33.8 Å². The summed E-state index contributed by atoms with van der Waals surface area (Å²) in [5, 5.41) is 6.61. The summed E-state index contributed by atoms with van der Waals surface area (Å²) >= 11 is 0. The van der Waals surface area contributed by atoms with Crippen molar-refractivity contribution < 1.29 is 43.3 Å². The number of nitrogens with zero attached hydrogens (tertiary/aromatic N) is 3. The van der Waals surface area contributed by atoms with Crippen LogP contribution in [0.5, 0.6) is 0 Å². The van der Waals surface area contributed by atoms with Gasteiger partial charge in [0.1, 0.15) is 17.8 Å². The first-order chi connectivity index (χ1) is 15.8. The lowest BCUT2D eigenvalue weighted by molar-refractivity contribution is -0.127. The van der Waals surface area contributed by atoms with Gasteiger partial charge >= 0.3 is 20.5 Å². The molecule has 1 saturated heterocycles. The van der Waals surface area contributed by atoms with E-state index < -0.39 is 33.2 Å². The summed E-state index contributed by atoms with van der Waals surface area (Å²) in [6, 6.07) is 7.53. The summed E-state index contributed by atoms with van der Waals surface area (Å²) in [5.41, 5.74) is 9.51. The van der Waals surface area contributed by atoms with E-state index >= 15 is 0 Å². The van der Waals surface area contributed by atoms with E-state index in [4.69, 9.17) is 10.5 Å². The van der Waals surface area contributed by atoms with Crippen molar-refractivity contribution in [3.05, 3.63) is 42.4 Å². The van der Waals surface area contributed by atoms with Crippen molar-refractivity contribution in [3.63, 3.8) is 0 Å². The number of nitrogens with two attached hydrogens (primary N) is 1. The Kier molecular flexibility index (Phi) is 6.45. The number of aliphatic hydroxyl groups is 1. The van der Waals surface area contributed by atoms with Gasteiger partial charge in [-0.1, -0.05) is 29.8 Å². The van der Waals surface area contributed by atoms with Crippen molar-refractivity contribution in [2.45, 2.75) is 30.8 Å². The van der Waals surface area contributed by atoms with E-state index in [-0.39, 0.29) is 19.1 Å². The van der Waals surface area contributed by atoms with Crippen molar-refractivity contribution in [1.29, 1.82) is 0 Å². The molecule has 1 aromatic carbocycles. The molecule has 1 fully saturated rings. The number of hydrogen-bond acceptors (Lipinski definition) is 8. The molecular weight excluding hydrogens is 490 g/mol. The van der Waals surface area contributed by atoms with Gasteiger partial charge in [-0.05, 0) is 18.9 Å². The lowest BCUT2D eigenvalue weighted by atomic mass is 10.0. The van der Waals surface area contributed by atoms with Crippen LogP contribution in [0.1, 0.15) is 18.0 Å². The maximum Gasteiger partial charge on any atom is 0.397 e. The van der Waals surface area contributed by atoms with Gasteiger partial charge in [-0.15, -0.1) is 0 Å². The van der Waals surface area contributed by atoms with Crippen LogP contribution in [0.25, 0.3) is 22.2 Å². The highest BCUT2D eigenvalue weighted by Gasteiger charge is 2.61. The van der Waals surface area contributed by atoms with Crippen LogP contribution >= 0.6 is 15.2 Å². The largest absolute Gasteiger partial charge is 0.397 e. The van der Waals surface area contributed by atoms with Crippen molar-refractivity contribution in [2.24, 2.45) is 0 Å². The van der Waals surface area contributed by atoms with E-state index in [1.807, 2.05) is 42.0 Å². The Morgan fingerprint density at radius 3 is 2.44 bits per heavy atom. The topological polar surface area (TPSA) is 210 Å². The molecule has 2 atom stereocenters. The summed E-state index contributed by atoms with van der Waals surface area (Å²) in [6.07, 6.45) is 2.64. The van der Waals surface area contributed by atoms with E-state index in [0.29, 0.717) is 16.9 Å². The highest BCUT2D eigenvalue weighted by atomic mass is 31.2. The Labute approximate surface area is 193 Å². The lowest BCUT2D eigenvalue weighted by Gasteiger charge is -2.29. The Morgan fingerprint density at radius 1 is 1.18 bits per heavy atom. The maximum atomic E-state index is 11.5. The molecular formula is C19H24N4O9P2. The number of ether oxygens (including phenoxy) is 2. The first-order valence-electron chi connectivity index (χ1n) is 10.1. The Hall–Kier alpha value is -2.18. The fourth-order valence-corrected chi connectivity index (χ4v) is 5.72. The number of nitrogen functional groups attached to an aromatic ring is 1. The third-order valence-corrected chi connectivity index (χ3v) is 9.01. The number of fused-ring (bicyclic) bond motifs is 1. The fraction of sp³-hybridized carbons (Fsp3) is 0.368. The van der Waals surface area contributed by atoms with Gasteiger partial charge in [-0.3, -0.25) is 9.13 Å². The molecule has 0 radical (unpaired) electrons. The molecule has 1 aliphatic rings. The van der Waals surface area contributed by atoms with Gasteiger partial charge < -0.3 is 44.5 Å². The minimum atomic E-state index is -5.73. The second-order valence-electron chi connectivity index (χ2n) is 8.09. The summed E-state index contributed by atoms with van der Waals surface area (Å²) in [7, 11) is -11.5. The first kappa shape index (κ1) is 24.9. The summed E-state index contributed by atoms with van der Waals surface area (Å²) in [5.74, 6) is 0.298. The van der Waals surface area contributed by atoms with Crippen LogP contribution in [0.4, 0.5) is 5.82 Å². The SMILES string of the molecule is Cc1ccc(-c2cn(C3COC(COC(O)(P(=O)(O)O)P(=O)(O)O)C3)c3ncnc(N)c23)cc1. The number of aromatic nitrogens is 3. The first-order valence-corrected chi connectivity index (χ1v) is 13.3. The van der Waals surface area contributed by atoms with Crippen LogP contribution in [-0.2, 0) is 18.6 Å². The molecule has 184 valence electrons. The molecule has 34 heavy (non-hydrogen) atoms. The van der Waals surface area contributed by atoms with Crippen LogP contribution < -0.4 is 5.73 Å². The van der Waals surface area contributed by atoms with E-state index in [1.54, 1.807) is 0 Å². The van der Waals surface area contributed by atoms with Crippen molar-refractivity contribution >= 4 is 32.0 Å². The minimum absolute atomic E-state index is 0.152. The third-order valence-electron chi connectivity index (χ3n) is 5.68. The molecule has 0 saturated carbocycles. The lowest BCUT2D eigenvalue weighted by Crippen LogP contribution is -2.35. The zero-order chi connectivity index (χ0) is 24.9. The van der Waals surface area contributed by atoms with Crippen LogP contribution in [-0.4, -0.2) is 63.8 Å². The van der Waals surface area contributed by atoms with Gasteiger partial charge in [0.15, 0.2) is 0 Å². The molecule has 2 aromatic heterocycles. The average Bonchev–Trinajstić information content (AvgIpc) is 3.36. The number of hydrogen-bond donors (Lipinski definition) is 6. The predicted molar refractivity (Wildman–Crippen MR) is 120 cm³/mol. The second-order valence-corrected chi connectivity index (χ2v) is 11.8. The van der Waals surface area contributed by atoms with E-state index in [0.717, 1.165) is 16.7 Å². The van der Waals surface area contributed by atoms with Crippen molar-refractivity contribution in [2.75, 3.05) is 18.9 Å². The number of anilines is 1. The smallest absolute Gasteiger partial charge is 0.383 e. The highest BCUT2D eigenvalue weighted by Crippen LogP contribution is 2.68. The number of rotatable bonds is 7. The van der Waals surface area contributed by atoms with Gasteiger partial charge in [0, 0.05) is 11.8 Å². The van der Waals surface area contributed by atoms with Gasteiger partial charge in [-0.25, -0.2) is 9.97 Å². The van der Waals surface area contributed by atoms with Gasteiger partial charge in [-0.2, -0.15) is 0 Å². The summed E-state index contributed by atoms with van der Waals surface area (Å²) < 4.78 is 35.1. The monoisotopic (exact) mass is 514 g/mol. The Bertz CT molecular complexity index is 1280. The Morgan fingerprint density at radius 2 is 1.82 bits per heavy atom. The molecule has 3 heterocycles. The zero-order valence-electron chi connectivity index (χ0n) is 17.9. The molecule has 0 bridgehead atoms. The van der Waals surface area contributed by atoms with Gasteiger partial charge in [0.25, 0.3) is 0 Å². The van der Waals surface area contributed by atoms with E-state index in [1.165, 1.54) is 6.33 Å². The predicted octanol–water partition coefficient (Wildman–Crippen LogP) is 1.29. The van der Waals surface area contributed by atoms with Crippen molar-refractivity contribution in [3.8, 4) is 11.1 Å². The molecule has 13 nitrogen and oxygen atoms in total. The normalized spacial score (nSPS) is 19.7. The molecule has 0 spiro atoms. The Balaban J connectivity index is 1.60. The van der Waals surface area contributed by atoms with Crippen LogP contribution in [0.3, 0.4) is 0 Å². The average molecular weight is 514 g/mol. The molecule has 7 N–H and O–H groups in total. The fourth-order valence-electron chi connectivity index (χ4n) is 3.88. The van der Waals surface area contributed by atoms with Gasteiger partial charge in [0.05, 0.1) is 30.7 Å². The van der Waals surface area contributed by atoms with Crippen molar-refractivity contribution in [1.82, 2.24) is 14.5 Å². The zero-order valence-corrected chi connectivity index (χ0v) is 19.7. The summed E-state index contributed by atoms with van der Waals surface area (Å²) in [4.78, 5) is 45.3.